The third-order valence-corrected chi connectivity index (χ3v) is 4.42. The second-order valence-corrected chi connectivity index (χ2v) is 5.48. The van der Waals surface area contributed by atoms with Crippen molar-refractivity contribution in [1.29, 1.82) is 0 Å². The smallest absolute Gasteiger partial charge is 0.411 e. The Morgan fingerprint density at radius 2 is 1.84 bits per heavy atom. The first-order valence-corrected chi connectivity index (χ1v) is 7.06. The number of amides is 1. The van der Waals surface area contributed by atoms with Crippen molar-refractivity contribution >= 4 is 28.4 Å². The number of rotatable bonds is 2. The maximum Gasteiger partial charge on any atom is 0.411 e. The molecule has 6 heteroatoms. The molecule has 1 N–H and O–H groups in total. The predicted molar refractivity (Wildman–Crippen MR) is 72.9 cm³/mol. The summed E-state index contributed by atoms with van der Waals surface area (Å²) in [7, 11) is 2.65. The number of hydrogen-bond donors (Lipinski definition) is 1. The molecule has 104 valence electrons. The number of fused-ring (bicyclic) bond motifs is 1. The average Bonchev–Trinajstić information content (AvgIpc) is 2.59. The van der Waals surface area contributed by atoms with Crippen molar-refractivity contribution in [3.63, 3.8) is 0 Å². The second kappa shape index (κ2) is 6.06. The summed E-state index contributed by atoms with van der Waals surface area (Å²) in [6.45, 7) is 0. The van der Waals surface area contributed by atoms with Crippen LogP contribution >= 0.6 is 11.3 Å². The van der Waals surface area contributed by atoms with E-state index >= 15 is 0 Å². The lowest BCUT2D eigenvalue weighted by molar-refractivity contribution is 0.0601. The van der Waals surface area contributed by atoms with Crippen LogP contribution in [0.1, 0.15) is 40.1 Å². The van der Waals surface area contributed by atoms with Crippen molar-refractivity contribution in [2.75, 3.05) is 19.5 Å². The zero-order valence-corrected chi connectivity index (χ0v) is 11.9. The summed E-state index contributed by atoms with van der Waals surface area (Å²) in [6, 6.07) is 0. The molecule has 0 bridgehead atoms. The van der Waals surface area contributed by atoms with E-state index in [1.54, 1.807) is 0 Å². The molecule has 1 amide bonds. The maximum atomic E-state index is 11.9. The first-order chi connectivity index (χ1) is 9.17. The lowest BCUT2D eigenvalue weighted by Crippen LogP contribution is -2.14. The molecule has 0 radical (unpaired) electrons. The summed E-state index contributed by atoms with van der Waals surface area (Å²) in [5, 5.41) is 3.14. The van der Waals surface area contributed by atoms with Gasteiger partial charge in [0.2, 0.25) is 0 Å². The fourth-order valence-electron chi connectivity index (χ4n) is 2.29. The number of esters is 1. The molecule has 0 spiro atoms. The largest absolute Gasteiger partial charge is 0.465 e. The molecule has 19 heavy (non-hydrogen) atoms. The molecule has 0 unspecified atom stereocenters. The van der Waals surface area contributed by atoms with E-state index in [1.165, 1.54) is 36.9 Å². The molecule has 2 rings (SSSR count). The molecular weight excluding hydrogens is 266 g/mol. The number of aryl methyl sites for hydroxylation is 1. The summed E-state index contributed by atoms with van der Waals surface area (Å²) < 4.78 is 9.42. The molecular formula is C13H17NO4S. The number of anilines is 1. The van der Waals surface area contributed by atoms with E-state index in [1.807, 2.05) is 0 Å². The van der Waals surface area contributed by atoms with E-state index in [0.717, 1.165) is 31.2 Å². The lowest BCUT2D eigenvalue weighted by atomic mass is 10.1. The first kappa shape index (κ1) is 13.9. The molecule has 0 saturated carbocycles. The van der Waals surface area contributed by atoms with Gasteiger partial charge in [0.15, 0.2) is 0 Å². The highest BCUT2D eigenvalue weighted by Crippen LogP contribution is 2.37. The zero-order chi connectivity index (χ0) is 13.8. The van der Waals surface area contributed by atoms with Crippen molar-refractivity contribution in [2.24, 2.45) is 0 Å². The lowest BCUT2D eigenvalue weighted by Gasteiger charge is -2.06. The van der Waals surface area contributed by atoms with Crippen LogP contribution in [0.25, 0.3) is 0 Å². The van der Waals surface area contributed by atoms with Crippen LogP contribution in [0.4, 0.5) is 9.80 Å². The summed E-state index contributed by atoms with van der Waals surface area (Å²) in [6.07, 6.45) is 4.59. The van der Waals surface area contributed by atoms with E-state index in [0.29, 0.717) is 10.6 Å². The quantitative estimate of drug-likeness (QED) is 0.669. The van der Waals surface area contributed by atoms with Crippen LogP contribution in [-0.4, -0.2) is 26.3 Å². The Balaban J connectivity index is 2.41. The molecule has 0 fully saturated rings. The molecule has 1 aromatic rings. The SMILES string of the molecule is COC(=O)Nc1sc2c(c1C(=O)OC)CCCCC2. The Labute approximate surface area is 115 Å². The third kappa shape index (κ3) is 2.89. The van der Waals surface area contributed by atoms with E-state index in [2.05, 4.69) is 10.1 Å². The van der Waals surface area contributed by atoms with Gasteiger partial charge in [0.25, 0.3) is 0 Å². The Morgan fingerprint density at radius 1 is 1.11 bits per heavy atom. The van der Waals surface area contributed by atoms with Crippen LogP contribution in [-0.2, 0) is 22.3 Å². The molecule has 1 aliphatic rings. The van der Waals surface area contributed by atoms with Gasteiger partial charge >= 0.3 is 12.1 Å². The Bertz CT molecular complexity index is 495. The fourth-order valence-corrected chi connectivity index (χ4v) is 3.56. The number of hydrogen-bond acceptors (Lipinski definition) is 5. The summed E-state index contributed by atoms with van der Waals surface area (Å²) in [4.78, 5) is 24.5. The third-order valence-electron chi connectivity index (χ3n) is 3.21. The highest BCUT2D eigenvalue weighted by atomic mass is 32.1. The van der Waals surface area contributed by atoms with Crippen molar-refractivity contribution in [3.8, 4) is 0 Å². The van der Waals surface area contributed by atoms with E-state index in [4.69, 9.17) is 4.74 Å². The molecule has 0 aromatic carbocycles. The number of ether oxygens (including phenoxy) is 2. The Kier molecular flexibility index (Phi) is 4.42. The maximum absolute atomic E-state index is 11.9. The van der Waals surface area contributed by atoms with Gasteiger partial charge in [-0.15, -0.1) is 11.3 Å². The normalized spacial score (nSPS) is 14.2. The molecule has 5 nitrogen and oxygen atoms in total. The Hall–Kier alpha value is -1.56. The van der Waals surface area contributed by atoms with Crippen LogP contribution < -0.4 is 5.32 Å². The molecule has 1 aliphatic carbocycles. The first-order valence-electron chi connectivity index (χ1n) is 6.25. The molecule has 0 saturated heterocycles. The molecule has 1 aromatic heterocycles. The minimum Gasteiger partial charge on any atom is -0.465 e. The van der Waals surface area contributed by atoms with E-state index < -0.39 is 12.1 Å². The van der Waals surface area contributed by atoms with Gasteiger partial charge in [-0.05, 0) is 31.2 Å². The van der Waals surface area contributed by atoms with Crippen molar-refractivity contribution in [2.45, 2.75) is 32.1 Å². The van der Waals surface area contributed by atoms with Crippen LogP contribution in [0, 0.1) is 0 Å². The minimum atomic E-state index is -0.568. The van der Waals surface area contributed by atoms with Gasteiger partial charge in [-0.25, -0.2) is 9.59 Å². The summed E-state index contributed by atoms with van der Waals surface area (Å²) >= 11 is 1.45. The van der Waals surface area contributed by atoms with Gasteiger partial charge < -0.3 is 9.47 Å². The van der Waals surface area contributed by atoms with Crippen molar-refractivity contribution in [1.82, 2.24) is 0 Å². The van der Waals surface area contributed by atoms with E-state index in [-0.39, 0.29) is 0 Å². The van der Waals surface area contributed by atoms with Crippen molar-refractivity contribution in [3.05, 3.63) is 16.0 Å². The molecule has 0 atom stereocenters. The van der Waals surface area contributed by atoms with Crippen molar-refractivity contribution < 1.29 is 19.1 Å². The van der Waals surface area contributed by atoms with Gasteiger partial charge in [0, 0.05) is 4.88 Å². The molecule has 0 aliphatic heterocycles. The zero-order valence-electron chi connectivity index (χ0n) is 11.1. The predicted octanol–water partition coefficient (Wildman–Crippen LogP) is 2.98. The van der Waals surface area contributed by atoms with Gasteiger partial charge in [0.05, 0.1) is 19.8 Å². The number of methoxy groups -OCH3 is 2. The van der Waals surface area contributed by atoms with Gasteiger partial charge in [-0.3, -0.25) is 5.32 Å². The number of thiophene rings is 1. The summed E-state index contributed by atoms with van der Waals surface area (Å²) in [5.74, 6) is -0.397. The summed E-state index contributed by atoms with van der Waals surface area (Å²) in [5.41, 5.74) is 1.52. The molecule has 1 heterocycles. The van der Waals surface area contributed by atoms with Gasteiger partial charge in [0.1, 0.15) is 5.00 Å². The highest BCUT2D eigenvalue weighted by Gasteiger charge is 2.26. The number of nitrogens with one attached hydrogen (secondary N) is 1. The number of carbonyl (C=O) groups is 2. The van der Waals surface area contributed by atoms with Crippen LogP contribution in [0.3, 0.4) is 0 Å². The second-order valence-electron chi connectivity index (χ2n) is 4.38. The van der Waals surface area contributed by atoms with Gasteiger partial charge in [-0.2, -0.15) is 0 Å². The fraction of sp³-hybridized carbons (Fsp3) is 0.538. The monoisotopic (exact) mass is 283 g/mol. The van der Waals surface area contributed by atoms with E-state index in [9.17, 15) is 9.59 Å². The van der Waals surface area contributed by atoms with Crippen LogP contribution in [0.2, 0.25) is 0 Å². The van der Waals surface area contributed by atoms with Gasteiger partial charge in [-0.1, -0.05) is 6.42 Å². The topological polar surface area (TPSA) is 64.6 Å². The average molecular weight is 283 g/mol. The number of carbonyl (C=O) groups excluding carboxylic acids is 2. The highest BCUT2D eigenvalue weighted by molar-refractivity contribution is 7.17. The Morgan fingerprint density at radius 3 is 2.53 bits per heavy atom. The van der Waals surface area contributed by atoms with Crippen LogP contribution in [0.15, 0.2) is 0 Å². The minimum absolute atomic E-state index is 0.397. The van der Waals surface area contributed by atoms with Crippen LogP contribution in [0.5, 0.6) is 0 Å². The standard InChI is InChI=1S/C13H17NO4S/c1-17-12(15)10-8-6-4-3-5-7-9(8)19-11(10)14-13(16)18-2/h3-7H2,1-2H3,(H,14,16).